The van der Waals surface area contributed by atoms with E-state index < -0.39 is 15.9 Å². The van der Waals surface area contributed by atoms with Crippen LogP contribution in [0.5, 0.6) is 0 Å². The minimum Gasteiger partial charge on any atom is -0.355 e. The topological polar surface area (TPSA) is 92.5 Å². The first-order valence-electron chi connectivity index (χ1n) is 10.9. The lowest BCUT2D eigenvalue weighted by atomic mass is 10.0. The van der Waals surface area contributed by atoms with Gasteiger partial charge in [0, 0.05) is 29.9 Å². The van der Waals surface area contributed by atoms with Gasteiger partial charge in [-0.15, -0.1) is 0 Å². The SMILES string of the molecule is CCC1CCCCN1S(=O)(=O)c1ccc(NC(=O)c2cc(-c3ccc(C)cc3)on2)cc1. The summed E-state index contributed by atoms with van der Waals surface area (Å²) in [6.45, 7) is 4.56. The van der Waals surface area contributed by atoms with Crippen LogP contribution >= 0.6 is 0 Å². The second-order valence-corrected chi connectivity index (χ2v) is 9.99. The number of benzene rings is 2. The third-order valence-electron chi connectivity index (χ3n) is 5.84. The number of nitrogens with zero attached hydrogens (tertiary/aromatic N) is 2. The highest BCUT2D eigenvalue weighted by molar-refractivity contribution is 7.89. The Kier molecular flexibility index (Phi) is 6.43. The fraction of sp³-hybridized carbons (Fsp3) is 0.333. The summed E-state index contributed by atoms with van der Waals surface area (Å²) in [6.07, 6.45) is 3.64. The van der Waals surface area contributed by atoms with Crippen LogP contribution in [0.1, 0.15) is 48.7 Å². The number of nitrogens with one attached hydrogen (secondary N) is 1. The molecule has 1 atom stereocenters. The molecule has 1 unspecified atom stereocenters. The van der Waals surface area contributed by atoms with Gasteiger partial charge in [-0.1, -0.05) is 48.3 Å². The van der Waals surface area contributed by atoms with Gasteiger partial charge in [0.1, 0.15) is 0 Å². The Balaban J connectivity index is 1.46. The van der Waals surface area contributed by atoms with Crippen molar-refractivity contribution in [3.05, 3.63) is 65.9 Å². The van der Waals surface area contributed by atoms with E-state index in [4.69, 9.17) is 4.52 Å². The number of carbonyl (C=O) groups is 1. The molecule has 1 aromatic heterocycles. The van der Waals surface area contributed by atoms with E-state index in [-0.39, 0.29) is 16.6 Å². The number of rotatable bonds is 6. The standard InChI is InChI=1S/C24H27N3O4S/c1-3-20-6-4-5-15-27(20)32(29,30)21-13-11-19(12-14-21)25-24(28)22-16-23(31-26-22)18-9-7-17(2)8-10-18/h7-14,16,20H,3-6,15H2,1-2H3,(H,25,28). The van der Waals surface area contributed by atoms with E-state index in [9.17, 15) is 13.2 Å². The Morgan fingerprint density at radius 2 is 1.84 bits per heavy atom. The highest BCUT2D eigenvalue weighted by atomic mass is 32.2. The van der Waals surface area contributed by atoms with E-state index in [0.717, 1.165) is 36.8 Å². The van der Waals surface area contributed by atoms with Crippen LogP contribution in [0.25, 0.3) is 11.3 Å². The van der Waals surface area contributed by atoms with E-state index in [1.54, 1.807) is 22.5 Å². The van der Waals surface area contributed by atoms with Gasteiger partial charge in [0.15, 0.2) is 11.5 Å². The van der Waals surface area contributed by atoms with Crippen molar-refractivity contribution in [1.82, 2.24) is 9.46 Å². The lowest BCUT2D eigenvalue weighted by Gasteiger charge is -2.34. The molecule has 1 fully saturated rings. The van der Waals surface area contributed by atoms with E-state index in [1.807, 2.05) is 38.1 Å². The number of amides is 1. The second-order valence-electron chi connectivity index (χ2n) is 8.09. The highest BCUT2D eigenvalue weighted by Crippen LogP contribution is 2.28. The fourth-order valence-corrected chi connectivity index (χ4v) is 5.74. The Morgan fingerprint density at radius 1 is 1.12 bits per heavy atom. The Bertz CT molecular complexity index is 1180. The Morgan fingerprint density at radius 3 is 2.53 bits per heavy atom. The molecule has 0 aliphatic carbocycles. The van der Waals surface area contributed by atoms with Crippen LogP contribution in [0.3, 0.4) is 0 Å². The molecule has 0 radical (unpaired) electrons. The predicted octanol–water partition coefficient (Wildman–Crippen LogP) is 4.86. The van der Waals surface area contributed by atoms with Crippen molar-refractivity contribution in [3.8, 4) is 11.3 Å². The molecule has 4 rings (SSSR count). The lowest BCUT2D eigenvalue weighted by molar-refractivity contribution is 0.101. The summed E-state index contributed by atoms with van der Waals surface area (Å²) in [4.78, 5) is 12.8. The number of hydrogen-bond donors (Lipinski definition) is 1. The average molecular weight is 454 g/mol. The minimum atomic E-state index is -3.56. The van der Waals surface area contributed by atoms with Crippen LogP contribution < -0.4 is 5.32 Å². The van der Waals surface area contributed by atoms with Crippen molar-refractivity contribution in [2.45, 2.75) is 50.5 Å². The Labute approximate surface area is 188 Å². The van der Waals surface area contributed by atoms with Crippen LogP contribution in [-0.4, -0.2) is 36.4 Å². The predicted molar refractivity (Wildman–Crippen MR) is 123 cm³/mol. The van der Waals surface area contributed by atoms with Gasteiger partial charge in [0.05, 0.1) is 4.90 Å². The quantitative estimate of drug-likeness (QED) is 0.576. The van der Waals surface area contributed by atoms with Gasteiger partial charge in [-0.25, -0.2) is 8.42 Å². The summed E-state index contributed by atoms with van der Waals surface area (Å²) in [5, 5.41) is 6.60. The van der Waals surface area contributed by atoms with Crippen LogP contribution in [-0.2, 0) is 10.0 Å². The summed E-state index contributed by atoms with van der Waals surface area (Å²) in [6, 6.07) is 15.6. The van der Waals surface area contributed by atoms with Crippen molar-refractivity contribution in [2.75, 3.05) is 11.9 Å². The molecule has 3 aromatic rings. The van der Waals surface area contributed by atoms with E-state index in [1.165, 1.54) is 12.1 Å². The molecule has 1 saturated heterocycles. The molecule has 1 N–H and O–H groups in total. The summed E-state index contributed by atoms with van der Waals surface area (Å²) in [5.74, 6) is 0.0772. The summed E-state index contributed by atoms with van der Waals surface area (Å²) < 4.78 is 33.1. The lowest BCUT2D eigenvalue weighted by Crippen LogP contribution is -2.43. The fourth-order valence-electron chi connectivity index (χ4n) is 3.98. The van der Waals surface area contributed by atoms with Gasteiger partial charge in [-0.3, -0.25) is 4.79 Å². The van der Waals surface area contributed by atoms with E-state index in [2.05, 4.69) is 10.5 Å². The molecule has 8 heteroatoms. The van der Waals surface area contributed by atoms with Gasteiger partial charge < -0.3 is 9.84 Å². The number of aryl methyl sites for hydroxylation is 1. The zero-order valence-electron chi connectivity index (χ0n) is 18.2. The molecule has 1 aliphatic rings. The number of anilines is 1. The summed E-state index contributed by atoms with van der Waals surface area (Å²) in [5.41, 5.74) is 2.60. The van der Waals surface area contributed by atoms with Gasteiger partial charge in [0.2, 0.25) is 10.0 Å². The molecule has 2 heterocycles. The van der Waals surface area contributed by atoms with Gasteiger partial charge in [-0.2, -0.15) is 4.31 Å². The molecular formula is C24H27N3O4S. The number of sulfonamides is 1. The van der Waals surface area contributed by atoms with Crippen LogP contribution in [0.4, 0.5) is 5.69 Å². The maximum atomic E-state index is 13.1. The first kappa shape index (κ1) is 22.2. The smallest absolute Gasteiger partial charge is 0.277 e. The number of aromatic nitrogens is 1. The van der Waals surface area contributed by atoms with Crippen molar-refractivity contribution >= 4 is 21.6 Å². The Hall–Kier alpha value is -2.97. The minimum absolute atomic E-state index is 0.0445. The third-order valence-corrected chi connectivity index (χ3v) is 7.81. The summed E-state index contributed by atoms with van der Waals surface area (Å²) >= 11 is 0. The van der Waals surface area contributed by atoms with Crippen LogP contribution in [0, 0.1) is 6.92 Å². The van der Waals surface area contributed by atoms with Crippen LogP contribution in [0.15, 0.2) is 64.0 Å². The molecule has 1 amide bonds. The molecule has 32 heavy (non-hydrogen) atoms. The molecule has 1 aliphatic heterocycles. The second kappa shape index (κ2) is 9.26. The van der Waals surface area contributed by atoms with Gasteiger partial charge in [-0.05, 0) is 50.5 Å². The highest BCUT2D eigenvalue weighted by Gasteiger charge is 2.32. The molecular weight excluding hydrogens is 426 g/mol. The number of hydrogen-bond acceptors (Lipinski definition) is 5. The monoisotopic (exact) mass is 453 g/mol. The zero-order chi connectivity index (χ0) is 22.7. The number of piperidine rings is 1. The van der Waals surface area contributed by atoms with E-state index in [0.29, 0.717) is 18.0 Å². The average Bonchev–Trinajstić information content (AvgIpc) is 3.30. The normalized spacial score (nSPS) is 17.2. The van der Waals surface area contributed by atoms with Crippen molar-refractivity contribution in [1.29, 1.82) is 0 Å². The number of carbonyl (C=O) groups excluding carboxylic acids is 1. The maximum absolute atomic E-state index is 13.1. The van der Waals surface area contributed by atoms with Crippen molar-refractivity contribution < 1.29 is 17.7 Å². The van der Waals surface area contributed by atoms with Crippen molar-refractivity contribution in [3.63, 3.8) is 0 Å². The zero-order valence-corrected chi connectivity index (χ0v) is 19.1. The molecule has 0 bridgehead atoms. The molecule has 0 spiro atoms. The first-order chi connectivity index (χ1) is 15.4. The molecule has 7 nitrogen and oxygen atoms in total. The first-order valence-corrected chi connectivity index (χ1v) is 12.3. The van der Waals surface area contributed by atoms with Gasteiger partial charge >= 0.3 is 0 Å². The summed E-state index contributed by atoms with van der Waals surface area (Å²) in [7, 11) is -3.56. The third kappa shape index (κ3) is 4.61. The largest absolute Gasteiger partial charge is 0.355 e. The molecule has 168 valence electrons. The van der Waals surface area contributed by atoms with E-state index >= 15 is 0 Å². The van der Waals surface area contributed by atoms with Gasteiger partial charge in [0.25, 0.3) is 5.91 Å². The van der Waals surface area contributed by atoms with Crippen molar-refractivity contribution in [2.24, 2.45) is 0 Å². The maximum Gasteiger partial charge on any atom is 0.277 e. The molecule has 0 saturated carbocycles. The van der Waals surface area contributed by atoms with Crippen LogP contribution in [0.2, 0.25) is 0 Å². The molecule has 2 aromatic carbocycles.